The molecule has 25 heavy (non-hydrogen) atoms. The van der Waals surface area contributed by atoms with Gasteiger partial charge in [0, 0.05) is 5.56 Å². The minimum absolute atomic E-state index is 0. The normalized spacial score (nSPS) is 12.6. The second kappa shape index (κ2) is 7.28. The molecule has 0 saturated heterocycles. The van der Waals surface area contributed by atoms with Crippen molar-refractivity contribution in [3.8, 4) is 11.5 Å². The Hall–Kier alpha value is -2.33. The Labute approximate surface area is 156 Å². The molecule has 2 N–H and O–H groups in total. The SMILES string of the molecule is Br.O=C(CSc1nc2nc[nH]c2c(=O)[nH]1)c1ccc2c(c1)OCCO2. The van der Waals surface area contributed by atoms with E-state index in [9.17, 15) is 9.59 Å². The fourth-order valence-electron chi connectivity index (χ4n) is 2.33. The number of benzene rings is 1. The van der Waals surface area contributed by atoms with Gasteiger partial charge in [-0.2, -0.15) is 0 Å². The van der Waals surface area contributed by atoms with Gasteiger partial charge in [-0.1, -0.05) is 11.8 Å². The van der Waals surface area contributed by atoms with Crippen molar-refractivity contribution in [1.29, 1.82) is 0 Å². The number of aromatic amines is 2. The van der Waals surface area contributed by atoms with Gasteiger partial charge in [0.2, 0.25) is 0 Å². The zero-order chi connectivity index (χ0) is 16.5. The fourth-order valence-corrected chi connectivity index (χ4v) is 3.08. The molecule has 3 heterocycles. The van der Waals surface area contributed by atoms with E-state index in [0.29, 0.717) is 46.6 Å². The second-order valence-electron chi connectivity index (χ2n) is 5.04. The number of ketones is 1. The maximum Gasteiger partial charge on any atom is 0.277 e. The Bertz CT molecular complexity index is 987. The van der Waals surface area contributed by atoms with Crippen molar-refractivity contribution in [2.75, 3.05) is 19.0 Å². The van der Waals surface area contributed by atoms with Crippen LogP contribution in [0.5, 0.6) is 11.5 Å². The van der Waals surface area contributed by atoms with Crippen molar-refractivity contribution >= 4 is 45.7 Å². The number of halogens is 1. The molecule has 0 spiro atoms. The van der Waals surface area contributed by atoms with Crippen LogP contribution < -0.4 is 15.0 Å². The number of hydrogen-bond donors (Lipinski definition) is 2. The molecular formula is C15H13BrN4O4S. The smallest absolute Gasteiger partial charge is 0.277 e. The van der Waals surface area contributed by atoms with E-state index in [-0.39, 0.29) is 34.1 Å². The van der Waals surface area contributed by atoms with E-state index in [4.69, 9.17) is 9.47 Å². The van der Waals surface area contributed by atoms with Gasteiger partial charge in [-0.15, -0.1) is 17.0 Å². The number of Topliss-reactive ketones (excluding diaryl/α,β-unsaturated/α-hetero) is 1. The van der Waals surface area contributed by atoms with Crippen molar-refractivity contribution in [2.24, 2.45) is 0 Å². The van der Waals surface area contributed by atoms with Gasteiger partial charge in [0.15, 0.2) is 33.6 Å². The molecule has 2 aromatic heterocycles. The van der Waals surface area contributed by atoms with Crippen LogP contribution in [-0.2, 0) is 0 Å². The Kier molecular flexibility index (Phi) is 5.09. The minimum Gasteiger partial charge on any atom is -0.486 e. The number of hydrogen-bond acceptors (Lipinski definition) is 7. The third-order valence-electron chi connectivity index (χ3n) is 3.48. The van der Waals surface area contributed by atoms with Crippen LogP contribution >= 0.6 is 28.7 Å². The lowest BCUT2D eigenvalue weighted by atomic mass is 10.1. The molecule has 4 rings (SSSR count). The summed E-state index contributed by atoms with van der Waals surface area (Å²) in [5, 5.41) is 0.352. The van der Waals surface area contributed by atoms with Crippen LogP contribution in [0.15, 0.2) is 34.5 Å². The molecule has 10 heteroatoms. The highest BCUT2D eigenvalue weighted by atomic mass is 79.9. The Morgan fingerprint density at radius 3 is 2.88 bits per heavy atom. The maximum absolute atomic E-state index is 12.3. The Balaban J connectivity index is 0.00000182. The lowest BCUT2D eigenvalue weighted by Crippen LogP contribution is -2.16. The number of aromatic nitrogens is 4. The summed E-state index contributed by atoms with van der Waals surface area (Å²) >= 11 is 1.15. The summed E-state index contributed by atoms with van der Waals surface area (Å²) in [5.74, 6) is 1.25. The largest absolute Gasteiger partial charge is 0.486 e. The summed E-state index contributed by atoms with van der Waals surface area (Å²) in [6.07, 6.45) is 1.40. The monoisotopic (exact) mass is 424 g/mol. The van der Waals surface area contributed by atoms with Crippen LogP contribution in [0.2, 0.25) is 0 Å². The van der Waals surface area contributed by atoms with Gasteiger partial charge >= 0.3 is 0 Å². The summed E-state index contributed by atoms with van der Waals surface area (Å²) in [4.78, 5) is 37.7. The van der Waals surface area contributed by atoms with Gasteiger partial charge < -0.3 is 14.5 Å². The molecule has 0 atom stereocenters. The summed E-state index contributed by atoms with van der Waals surface area (Å²) in [6, 6.07) is 5.09. The van der Waals surface area contributed by atoms with Crippen molar-refractivity contribution < 1.29 is 14.3 Å². The summed E-state index contributed by atoms with van der Waals surface area (Å²) in [5.41, 5.74) is 0.854. The number of imidazole rings is 1. The first kappa shape index (κ1) is 17.5. The highest BCUT2D eigenvalue weighted by Gasteiger charge is 2.16. The molecule has 1 aliphatic heterocycles. The van der Waals surface area contributed by atoms with Crippen molar-refractivity contribution in [1.82, 2.24) is 19.9 Å². The molecule has 3 aromatic rings. The quantitative estimate of drug-likeness (QED) is 0.374. The Morgan fingerprint density at radius 1 is 1.24 bits per heavy atom. The van der Waals surface area contributed by atoms with Crippen LogP contribution in [0.3, 0.4) is 0 Å². The highest BCUT2D eigenvalue weighted by molar-refractivity contribution is 8.93. The maximum atomic E-state index is 12.3. The van der Waals surface area contributed by atoms with Crippen molar-refractivity contribution in [3.05, 3.63) is 40.4 Å². The molecular weight excluding hydrogens is 412 g/mol. The molecule has 8 nitrogen and oxygen atoms in total. The van der Waals surface area contributed by atoms with Gasteiger partial charge in [0.1, 0.15) is 13.2 Å². The average Bonchev–Trinajstić information content (AvgIpc) is 3.08. The predicted molar refractivity (Wildman–Crippen MR) is 97.3 cm³/mol. The first-order valence-corrected chi connectivity index (χ1v) is 8.18. The van der Waals surface area contributed by atoms with Crippen molar-refractivity contribution in [2.45, 2.75) is 5.16 Å². The number of carbonyl (C=O) groups is 1. The van der Waals surface area contributed by atoms with Gasteiger partial charge in [-0.05, 0) is 18.2 Å². The van der Waals surface area contributed by atoms with E-state index < -0.39 is 0 Å². The second-order valence-corrected chi connectivity index (χ2v) is 6.01. The van der Waals surface area contributed by atoms with Crippen molar-refractivity contribution in [3.63, 3.8) is 0 Å². The summed E-state index contributed by atoms with van der Waals surface area (Å²) in [7, 11) is 0. The molecule has 0 radical (unpaired) electrons. The number of nitrogens with zero attached hydrogens (tertiary/aromatic N) is 2. The van der Waals surface area contributed by atoms with E-state index in [2.05, 4.69) is 19.9 Å². The van der Waals surface area contributed by atoms with Crippen LogP contribution in [-0.4, -0.2) is 44.7 Å². The van der Waals surface area contributed by atoms with E-state index in [1.807, 2.05) is 0 Å². The standard InChI is InChI=1S/C15H12N4O4S.BrH/c20-9(8-1-2-10-11(5-8)23-4-3-22-10)6-24-15-18-13-12(14(21)19-15)16-7-17-13;/h1-2,5,7H,3-4,6H2,(H2,16,17,18,19,21);1H. The first-order valence-electron chi connectivity index (χ1n) is 7.20. The van der Waals surface area contributed by atoms with E-state index in [1.54, 1.807) is 18.2 Å². The van der Waals surface area contributed by atoms with Gasteiger partial charge in [0.25, 0.3) is 5.56 Å². The molecule has 0 unspecified atom stereocenters. The molecule has 0 fully saturated rings. The van der Waals surface area contributed by atoms with Gasteiger partial charge in [-0.25, -0.2) is 9.97 Å². The van der Waals surface area contributed by atoms with E-state index >= 15 is 0 Å². The van der Waals surface area contributed by atoms with E-state index in [0.717, 1.165) is 11.8 Å². The zero-order valence-electron chi connectivity index (χ0n) is 12.8. The third-order valence-corrected chi connectivity index (χ3v) is 4.35. The minimum atomic E-state index is -0.313. The summed E-state index contributed by atoms with van der Waals surface area (Å²) < 4.78 is 10.9. The lowest BCUT2D eigenvalue weighted by molar-refractivity contribution is 0.102. The predicted octanol–water partition coefficient (Wildman–Crippen LogP) is 1.97. The number of fused-ring (bicyclic) bond motifs is 2. The number of thioether (sulfide) groups is 1. The number of rotatable bonds is 4. The molecule has 0 amide bonds. The van der Waals surface area contributed by atoms with Gasteiger partial charge in [0.05, 0.1) is 12.1 Å². The number of carbonyl (C=O) groups excluding carboxylic acids is 1. The third kappa shape index (κ3) is 3.54. The number of ether oxygens (including phenoxy) is 2. The van der Waals surface area contributed by atoms with Gasteiger partial charge in [-0.3, -0.25) is 14.6 Å². The van der Waals surface area contributed by atoms with Crippen LogP contribution in [0, 0.1) is 0 Å². The van der Waals surface area contributed by atoms with Crippen LogP contribution in [0.1, 0.15) is 10.4 Å². The molecule has 0 bridgehead atoms. The Morgan fingerprint density at radius 2 is 2.04 bits per heavy atom. The average molecular weight is 425 g/mol. The summed E-state index contributed by atoms with van der Waals surface area (Å²) in [6.45, 7) is 0.971. The lowest BCUT2D eigenvalue weighted by Gasteiger charge is -2.18. The van der Waals surface area contributed by atoms with E-state index in [1.165, 1.54) is 6.33 Å². The van der Waals surface area contributed by atoms with Crippen LogP contribution in [0.4, 0.5) is 0 Å². The van der Waals surface area contributed by atoms with Crippen LogP contribution in [0.25, 0.3) is 11.2 Å². The molecule has 1 aliphatic rings. The number of nitrogens with one attached hydrogen (secondary N) is 2. The fraction of sp³-hybridized carbons (Fsp3) is 0.200. The molecule has 0 aliphatic carbocycles. The molecule has 1 aromatic carbocycles. The topological polar surface area (TPSA) is 110 Å². The highest BCUT2D eigenvalue weighted by Crippen LogP contribution is 2.31. The number of H-pyrrole nitrogens is 2. The first-order chi connectivity index (χ1) is 11.7. The molecule has 0 saturated carbocycles. The zero-order valence-corrected chi connectivity index (χ0v) is 15.3. The molecule has 130 valence electrons.